The fourth-order valence-corrected chi connectivity index (χ4v) is 3.39. The highest BCUT2D eigenvalue weighted by molar-refractivity contribution is 14.0. The lowest BCUT2D eigenvalue weighted by atomic mass is 10.1. The van der Waals surface area contributed by atoms with Gasteiger partial charge in [-0.1, -0.05) is 42.5 Å². The normalized spacial score (nSPS) is 14.9. The van der Waals surface area contributed by atoms with Gasteiger partial charge in [0, 0.05) is 38.2 Å². The number of hydrogen-bond donors (Lipinski definition) is 3. The molecule has 2 aromatic rings. The van der Waals surface area contributed by atoms with Gasteiger partial charge in [0.2, 0.25) is 5.91 Å². The Balaban J connectivity index is 0.00000320. The molecule has 0 radical (unpaired) electrons. The minimum atomic E-state index is -0.487. The first-order chi connectivity index (χ1) is 14.2. The van der Waals surface area contributed by atoms with E-state index in [1.54, 1.807) is 0 Å². The number of benzene rings is 2. The number of carbonyl (C=O) groups excluding carboxylic acids is 1. The van der Waals surface area contributed by atoms with Crippen LogP contribution in [0.1, 0.15) is 30.9 Å². The summed E-state index contributed by atoms with van der Waals surface area (Å²) in [5.41, 5.74) is 3.14. The average Bonchev–Trinajstić information content (AvgIpc) is 3.17. The Kier molecular flexibility index (Phi) is 10.1. The van der Waals surface area contributed by atoms with Crippen molar-refractivity contribution in [2.75, 3.05) is 24.5 Å². The lowest BCUT2D eigenvalue weighted by molar-refractivity contribution is -0.117. The quantitative estimate of drug-likeness (QED) is 0.283. The van der Waals surface area contributed by atoms with Crippen molar-refractivity contribution < 1.29 is 9.90 Å². The lowest BCUT2D eigenvalue weighted by Gasteiger charge is -2.16. The Hall–Kier alpha value is -2.13. The van der Waals surface area contributed by atoms with Crippen LogP contribution in [0.25, 0.3) is 0 Å². The van der Waals surface area contributed by atoms with Crippen molar-refractivity contribution >= 4 is 41.5 Å². The highest BCUT2D eigenvalue weighted by Crippen LogP contribution is 2.21. The third-order valence-electron chi connectivity index (χ3n) is 4.90. The Morgan fingerprint density at radius 1 is 1.10 bits per heavy atom. The molecule has 1 saturated heterocycles. The van der Waals surface area contributed by atoms with Crippen LogP contribution >= 0.6 is 24.0 Å². The molecule has 30 heavy (non-hydrogen) atoms. The predicted octanol–water partition coefficient (Wildman–Crippen LogP) is 3.09. The summed E-state index contributed by atoms with van der Waals surface area (Å²) in [6.45, 7) is 4.52. The first-order valence-corrected chi connectivity index (χ1v) is 10.3. The molecule has 0 aliphatic carbocycles. The molecule has 1 aliphatic heterocycles. The molecule has 162 valence electrons. The Bertz CT molecular complexity index is 812. The van der Waals surface area contributed by atoms with Crippen molar-refractivity contribution in [3.8, 4) is 0 Å². The second kappa shape index (κ2) is 12.5. The third-order valence-corrected chi connectivity index (χ3v) is 4.90. The van der Waals surface area contributed by atoms with E-state index in [9.17, 15) is 9.90 Å². The van der Waals surface area contributed by atoms with Crippen LogP contribution in [-0.2, 0) is 17.8 Å². The number of nitrogens with zero attached hydrogens (tertiary/aromatic N) is 2. The summed E-state index contributed by atoms with van der Waals surface area (Å²) in [6, 6.07) is 18.0. The monoisotopic (exact) mass is 522 g/mol. The molecule has 0 aromatic heterocycles. The molecule has 1 unspecified atom stereocenters. The molecular weight excluding hydrogens is 491 g/mol. The number of rotatable bonds is 8. The van der Waals surface area contributed by atoms with Gasteiger partial charge in [-0.2, -0.15) is 0 Å². The predicted molar refractivity (Wildman–Crippen MR) is 132 cm³/mol. The maximum absolute atomic E-state index is 11.9. The van der Waals surface area contributed by atoms with Gasteiger partial charge in [0.05, 0.1) is 12.6 Å². The maximum Gasteiger partial charge on any atom is 0.227 e. The maximum atomic E-state index is 11.9. The zero-order valence-electron chi connectivity index (χ0n) is 17.4. The van der Waals surface area contributed by atoms with E-state index in [-0.39, 0.29) is 29.9 Å². The lowest BCUT2D eigenvalue weighted by Crippen LogP contribution is -2.41. The van der Waals surface area contributed by atoms with E-state index < -0.39 is 6.10 Å². The highest BCUT2D eigenvalue weighted by Gasteiger charge is 2.21. The third kappa shape index (κ3) is 7.28. The topological polar surface area (TPSA) is 77.0 Å². The van der Waals surface area contributed by atoms with Gasteiger partial charge < -0.3 is 20.6 Å². The number of carbonyl (C=O) groups is 1. The molecular formula is C23H31IN4O2. The largest absolute Gasteiger partial charge is 0.391 e. The molecule has 0 bridgehead atoms. The fourth-order valence-electron chi connectivity index (χ4n) is 3.39. The van der Waals surface area contributed by atoms with Crippen molar-refractivity contribution in [1.82, 2.24) is 10.6 Å². The van der Waals surface area contributed by atoms with Crippen LogP contribution in [0.4, 0.5) is 5.69 Å². The number of aliphatic hydroxyl groups is 1. The van der Waals surface area contributed by atoms with E-state index in [0.29, 0.717) is 31.9 Å². The Labute approximate surface area is 195 Å². The van der Waals surface area contributed by atoms with Crippen LogP contribution in [0.5, 0.6) is 0 Å². The van der Waals surface area contributed by atoms with E-state index >= 15 is 0 Å². The number of aliphatic hydroxyl groups excluding tert-OH is 1. The summed E-state index contributed by atoms with van der Waals surface area (Å²) in [6.07, 6.45) is 1.68. The summed E-state index contributed by atoms with van der Waals surface area (Å²) in [5, 5.41) is 16.7. The Morgan fingerprint density at radius 3 is 2.47 bits per heavy atom. The number of hydrogen-bond acceptors (Lipinski definition) is 3. The van der Waals surface area contributed by atoms with Crippen molar-refractivity contribution in [1.29, 1.82) is 0 Å². The van der Waals surface area contributed by atoms with Gasteiger partial charge in [0.15, 0.2) is 5.96 Å². The van der Waals surface area contributed by atoms with Gasteiger partial charge in [0.1, 0.15) is 0 Å². The molecule has 2 aromatic carbocycles. The van der Waals surface area contributed by atoms with E-state index in [1.165, 1.54) is 0 Å². The summed E-state index contributed by atoms with van der Waals surface area (Å²) < 4.78 is 0. The van der Waals surface area contributed by atoms with E-state index in [2.05, 4.69) is 15.6 Å². The number of amides is 1. The van der Waals surface area contributed by atoms with Crippen molar-refractivity contribution in [2.24, 2.45) is 4.99 Å². The molecule has 6 nitrogen and oxygen atoms in total. The van der Waals surface area contributed by atoms with Gasteiger partial charge in [-0.15, -0.1) is 24.0 Å². The first-order valence-electron chi connectivity index (χ1n) is 10.3. The smallest absolute Gasteiger partial charge is 0.227 e. The Morgan fingerprint density at radius 2 is 1.83 bits per heavy atom. The second-order valence-corrected chi connectivity index (χ2v) is 7.23. The van der Waals surface area contributed by atoms with Gasteiger partial charge in [0.25, 0.3) is 0 Å². The van der Waals surface area contributed by atoms with E-state index in [4.69, 9.17) is 0 Å². The fraction of sp³-hybridized carbons (Fsp3) is 0.391. The molecule has 0 saturated carbocycles. The number of aliphatic imine (C=N–C) groups is 1. The van der Waals surface area contributed by atoms with Crippen LogP contribution in [0.3, 0.4) is 0 Å². The van der Waals surface area contributed by atoms with Crippen LogP contribution < -0.4 is 15.5 Å². The summed E-state index contributed by atoms with van der Waals surface area (Å²) in [5.74, 6) is 0.877. The molecule has 3 N–H and O–H groups in total. The molecule has 0 spiro atoms. The van der Waals surface area contributed by atoms with Crippen LogP contribution in [0, 0.1) is 0 Å². The van der Waals surface area contributed by atoms with Crippen LogP contribution in [-0.4, -0.2) is 42.7 Å². The van der Waals surface area contributed by atoms with Gasteiger partial charge >= 0.3 is 0 Å². The van der Waals surface area contributed by atoms with Crippen LogP contribution in [0.2, 0.25) is 0 Å². The number of anilines is 1. The zero-order chi connectivity index (χ0) is 20.5. The zero-order valence-corrected chi connectivity index (χ0v) is 19.7. The van der Waals surface area contributed by atoms with Crippen molar-refractivity contribution in [2.45, 2.75) is 38.8 Å². The molecule has 1 aliphatic rings. The number of guanidine groups is 1. The molecule has 3 rings (SSSR count). The summed E-state index contributed by atoms with van der Waals surface area (Å²) in [7, 11) is 0. The molecule has 1 heterocycles. The standard InChI is InChI=1S/C23H30N4O2.HI/c1-2-24-23(26-17-21(28)15-18-7-4-3-5-8-18)25-16-19-10-12-20(13-11-19)27-14-6-9-22(27)29;/h3-5,7-8,10-13,21,28H,2,6,9,14-17H2,1H3,(H2,24,25,26);1H. The van der Waals surface area contributed by atoms with Gasteiger partial charge in [-0.05, 0) is 36.6 Å². The number of nitrogens with one attached hydrogen (secondary N) is 2. The molecule has 1 atom stereocenters. The van der Waals surface area contributed by atoms with Gasteiger partial charge in [-0.3, -0.25) is 4.79 Å². The highest BCUT2D eigenvalue weighted by atomic mass is 127. The number of halogens is 1. The van der Waals surface area contributed by atoms with Crippen molar-refractivity contribution in [3.63, 3.8) is 0 Å². The van der Waals surface area contributed by atoms with Crippen molar-refractivity contribution in [3.05, 3.63) is 65.7 Å². The molecule has 1 fully saturated rings. The average molecular weight is 522 g/mol. The molecule has 1 amide bonds. The summed E-state index contributed by atoms with van der Waals surface area (Å²) in [4.78, 5) is 18.3. The first kappa shape index (κ1) is 24.1. The SMILES string of the molecule is CCNC(=NCc1ccc(N2CCCC2=O)cc1)NCC(O)Cc1ccccc1.I. The second-order valence-electron chi connectivity index (χ2n) is 7.23. The van der Waals surface area contributed by atoms with E-state index in [1.807, 2.05) is 66.4 Å². The minimum Gasteiger partial charge on any atom is -0.391 e. The van der Waals surface area contributed by atoms with Crippen LogP contribution in [0.15, 0.2) is 59.6 Å². The minimum absolute atomic E-state index is 0. The molecule has 7 heteroatoms. The van der Waals surface area contributed by atoms with Gasteiger partial charge in [-0.25, -0.2) is 4.99 Å². The van der Waals surface area contributed by atoms with E-state index in [0.717, 1.165) is 36.3 Å². The summed E-state index contributed by atoms with van der Waals surface area (Å²) >= 11 is 0.